The van der Waals surface area contributed by atoms with Crippen molar-refractivity contribution in [3.63, 3.8) is 0 Å². The second-order valence-corrected chi connectivity index (χ2v) is 4.91. The summed E-state index contributed by atoms with van der Waals surface area (Å²) < 4.78 is 4.90. The van der Waals surface area contributed by atoms with E-state index < -0.39 is 0 Å². The average Bonchev–Trinajstić information content (AvgIpc) is 2.31. The van der Waals surface area contributed by atoms with Crippen LogP contribution >= 0.6 is 11.8 Å². The van der Waals surface area contributed by atoms with Gasteiger partial charge in [0.1, 0.15) is 6.04 Å². The van der Waals surface area contributed by atoms with E-state index in [9.17, 15) is 4.79 Å². The molecule has 0 aliphatic carbocycles. The highest BCUT2D eigenvalue weighted by Crippen LogP contribution is 2.29. The number of nitrogens with one attached hydrogen (secondary N) is 1. The quantitative estimate of drug-likeness (QED) is 0.657. The van der Waals surface area contributed by atoms with Gasteiger partial charge in [-0.3, -0.25) is 10.1 Å². The summed E-state index contributed by atoms with van der Waals surface area (Å²) in [5, 5.41) is 3.20. The summed E-state index contributed by atoms with van der Waals surface area (Å²) in [6.07, 6.45) is 0. The normalized spacial score (nSPS) is 27.1. The first kappa shape index (κ1) is 9.86. The number of carbonyl (C=O) groups excluding carboxylic acids is 1. The van der Waals surface area contributed by atoms with Crippen LogP contribution in [0.5, 0.6) is 0 Å². The lowest BCUT2D eigenvalue weighted by Gasteiger charge is -2.17. The monoisotopic (exact) mass is 189 g/mol. The molecule has 0 radical (unpaired) electrons. The third kappa shape index (κ3) is 2.38. The van der Waals surface area contributed by atoms with Crippen molar-refractivity contribution in [1.82, 2.24) is 5.32 Å². The van der Waals surface area contributed by atoms with Crippen LogP contribution in [0.3, 0.4) is 0 Å². The number of esters is 1. The molecule has 1 unspecified atom stereocenters. The topological polar surface area (TPSA) is 38.3 Å². The Labute approximate surface area is 77.2 Å². The number of carbonyl (C=O) groups is 1. The van der Waals surface area contributed by atoms with Crippen molar-refractivity contribution in [2.75, 3.05) is 12.4 Å². The van der Waals surface area contributed by atoms with Crippen LogP contribution in [-0.4, -0.2) is 29.2 Å². The SMILES string of the molecule is CCOC(=O)C1CSC(C)(C)N1. The molecule has 0 amide bonds. The van der Waals surface area contributed by atoms with Gasteiger partial charge in [0.05, 0.1) is 11.5 Å². The summed E-state index contributed by atoms with van der Waals surface area (Å²) in [6.45, 7) is 6.42. The van der Waals surface area contributed by atoms with E-state index in [4.69, 9.17) is 4.74 Å². The molecule has 70 valence electrons. The molecule has 0 spiro atoms. The molecule has 0 aromatic carbocycles. The minimum atomic E-state index is -0.129. The van der Waals surface area contributed by atoms with Crippen LogP contribution in [0.2, 0.25) is 0 Å². The van der Waals surface area contributed by atoms with E-state index in [1.165, 1.54) is 0 Å². The maximum absolute atomic E-state index is 11.2. The highest BCUT2D eigenvalue weighted by Gasteiger charge is 2.35. The van der Waals surface area contributed by atoms with Crippen LogP contribution in [0.25, 0.3) is 0 Å². The van der Waals surface area contributed by atoms with Gasteiger partial charge in [0.2, 0.25) is 0 Å². The van der Waals surface area contributed by atoms with Gasteiger partial charge in [-0.1, -0.05) is 0 Å². The molecule has 0 bridgehead atoms. The van der Waals surface area contributed by atoms with Gasteiger partial charge in [0, 0.05) is 5.75 Å². The third-order valence-corrected chi connectivity index (χ3v) is 3.04. The fraction of sp³-hybridized carbons (Fsp3) is 0.875. The van der Waals surface area contributed by atoms with E-state index in [1.807, 2.05) is 6.92 Å². The lowest BCUT2D eigenvalue weighted by atomic mass is 10.3. The molecule has 1 rings (SSSR count). The average molecular weight is 189 g/mol. The Morgan fingerprint density at radius 2 is 2.42 bits per heavy atom. The minimum Gasteiger partial charge on any atom is -0.465 e. The lowest BCUT2D eigenvalue weighted by molar-refractivity contribution is -0.145. The van der Waals surface area contributed by atoms with E-state index >= 15 is 0 Å². The maximum atomic E-state index is 11.2. The number of hydrogen-bond acceptors (Lipinski definition) is 4. The Kier molecular flexibility index (Phi) is 3.01. The largest absolute Gasteiger partial charge is 0.465 e. The number of thioether (sulfide) groups is 1. The molecule has 0 aromatic rings. The van der Waals surface area contributed by atoms with Crippen LogP contribution in [0.4, 0.5) is 0 Å². The predicted octanol–water partition coefficient (Wildman–Crippen LogP) is 0.991. The van der Waals surface area contributed by atoms with Gasteiger partial charge in [-0.25, -0.2) is 0 Å². The van der Waals surface area contributed by atoms with Gasteiger partial charge in [0.25, 0.3) is 0 Å². The summed E-state index contributed by atoms with van der Waals surface area (Å²) >= 11 is 1.75. The Hall–Kier alpha value is -0.220. The molecule has 4 heteroatoms. The fourth-order valence-electron chi connectivity index (χ4n) is 1.16. The van der Waals surface area contributed by atoms with Crippen molar-refractivity contribution >= 4 is 17.7 Å². The predicted molar refractivity (Wildman–Crippen MR) is 50.1 cm³/mol. The van der Waals surface area contributed by atoms with Crippen LogP contribution in [-0.2, 0) is 9.53 Å². The highest BCUT2D eigenvalue weighted by atomic mass is 32.2. The number of rotatable bonds is 2. The first-order valence-corrected chi connectivity index (χ1v) is 5.12. The molecule has 12 heavy (non-hydrogen) atoms. The van der Waals surface area contributed by atoms with Crippen LogP contribution < -0.4 is 5.32 Å². The van der Waals surface area contributed by atoms with Crippen LogP contribution in [0.15, 0.2) is 0 Å². The summed E-state index contributed by atoms with van der Waals surface area (Å²) in [5.74, 6) is 0.682. The fourth-order valence-corrected chi connectivity index (χ4v) is 2.19. The second-order valence-electron chi connectivity index (χ2n) is 3.27. The van der Waals surface area contributed by atoms with Gasteiger partial charge in [-0.05, 0) is 20.8 Å². The third-order valence-electron chi connectivity index (χ3n) is 1.70. The van der Waals surface area contributed by atoms with E-state index in [2.05, 4.69) is 19.2 Å². The van der Waals surface area contributed by atoms with Crippen LogP contribution in [0.1, 0.15) is 20.8 Å². The van der Waals surface area contributed by atoms with Crippen molar-refractivity contribution in [2.45, 2.75) is 31.7 Å². The van der Waals surface area contributed by atoms with E-state index in [-0.39, 0.29) is 16.9 Å². The Morgan fingerprint density at radius 1 is 1.75 bits per heavy atom. The molecule has 1 saturated heterocycles. The van der Waals surface area contributed by atoms with E-state index in [1.54, 1.807) is 11.8 Å². The maximum Gasteiger partial charge on any atom is 0.324 e. The molecule has 3 nitrogen and oxygen atoms in total. The zero-order valence-corrected chi connectivity index (χ0v) is 8.53. The molecule has 0 saturated carbocycles. The summed E-state index contributed by atoms with van der Waals surface area (Å²) in [6, 6.07) is -0.120. The van der Waals surface area contributed by atoms with E-state index in [0.717, 1.165) is 5.75 Å². The molecule has 1 aliphatic rings. The van der Waals surface area contributed by atoms with Gasteiger partial charge >= 0.3 is 5.97 Å². The van der Waals surface area contributed by atoms with E-state index in [0.29, 0.717) is 6.61 Å². The molecule has 1 heterocycles. The van der Waals surface area contributed by atoms with Gasteiger partial charge in [0.15, 0.2) is 0 Å². The smallest absolute Gasteiger partial charge is 0.324 e. The second kappa shape index (κ2) is 3.66. The summed E-state index contributed by atoms with van der Waals surface area (Å²) in [7, 11) is 0. The molecule has 0 aromatic heterocycles. The number of ether oxygens (including phenoxy) is 1. The first-order chi connectivity index (χ1) is 5.55. The van der Waals surface area contributed by atoms with Crippen LogP contribution in [0, 0.1) is 0 Å². The summed E-state index contributed by atoms with van der Waals surface area (Å²) in [5.41, 5.74) is 0. The first-order valence-electron chi connectivity index (χ1n) is 4.13. The number of hydrogen-bond donors (Lipinski definition) is 1. The molecular weight excluding hydrogens is 174 g/mol. The standard InChI is InChI=1S/C8H15NO2S/c1-4-11-7(10)6-5-12-8(2,3)9-6/h6,9H,4-5H2,1-3H3. The highest BCUT2D eigenvalue weighted by molar-refractivity contribution is 8.00. The van der Waals surface area contributed by atoms with Crippen molar-refractivity contribution in [3.8, 4) is 0 Å². The Balaban J connectivity index is 2.41. The molecule has 1 aliphatic heterocycles. The Bertz CT molecular complexity index is 182. The van der Waals surface area contributed by atoms with Crippen molar-refractivity contribution in [3.05, 3.63) is 0 Å². The van der Waals surface area contributed by atoms with Crippen molar-refractivity contribution in [2.24, 2.45) is 0 Å². The summed E-state index contributed by atoms with van der Waals surface area (Å²) in [4.78, 5) is 11.2. The molecule has 1 fully saturated rings. The van der Waals surface area contributed by atoms with Crippen molar-refractivity contribution < 1.29 is 9.53 Å². The molecule has 1 atom stereocenters. The minimum absolute atomic E-state index is 0.0113. The zero-order valence-electron chi connectivity index (χ0n) is 7.72. The lowest BCUT2D eigenvalue weighted by Crippen LogP contribution is -2.42. The van der Waals surface area contributed by atoms with Gasteiger partial charge < -0.3 is 4.74 Å². The van der Waals surface area contributed by atoms with Crippen molar-refractivity contribution in [1.29, 1.82) is 0 Å². The molecular formula is C8H15NO2S. The van der Waals surface area contributed by atoms with Gasteiger partial charge in [-0.15, -0.1) is 11.8 Å². The zero-order chi connectivity index (χ0) is 9.19. The Morgan fingerprint density at radius 3 is 2.83 bits per heavy atom. The molecule has 1 N–H and O–H groups in total. The van der Waals surface area contributed by atoms with Gasteiger partial charge in [-0.2, -0.15) is 0 Å².